The molecule has 186 valence electrons. The Morgan fingerprint density at radius 2 is 1.92 bits per heavy atom. The van der Waals surface area contributed by atoms with Crippen molar-refractivity contribution in [2.24, 2.45) is 10.1 Å². The number of halogens is 2. The lowest BCUT2D eigenvalue weighted by atomic mass is 10.1. The van der Waals surface area contributed by atoms with E-state index in [1.54, 1.807) is 36.4 Å². The first kappa shape index (κ1) is 24.9. The van der Waals surface area contributed by atoms with Gasteiger partial charge in [0.1, 0.15) is 17.5 Å². The van der Waals surface area contributed by atoms with Gasteiger partial charge in [-0.3, -0.25) is 10.2 Å². The monoisotopic (exact) mass is 578 g/mol. The number of amides is 1. The maximum atomic E-state index is 14.0. The summed E-state index contributed by atoms with van der Waals surface area (Å²) in [4.78, 5) is 17.0. The molecule has 0 saturated heterocycles. The zero-order valence-electron chi connectivity index (χ0n) is 19.8. The predicted molar refractivity (Wildman–Crippen MR) is 147 cm³/mol. The quantitative estimate of drug-likeness (QED) is 0.354. The van der Waals surface area contributed by atoms with Crippen molar-refractivity contribution in [3.05, 3.63) is 98.8 Å². The van der Waals surface area contributed by atoms with Crippen LogP contribution in [0, 0.1) is 18.2 Å². The number of methoxy groups -OCH3 is 1. The van der Waals surface area contributed by atoms with Gasteiger partial charge in [-0.2, -0.15) is 15.1 Å². The van der Waals surface area contributed by atoms with Crippen LogP contribution in [0.3, 0.4) is 0 Å². The second kappa shape index (κ2) is 10.3. The molecular formula is C27H20BrFN4O3S. The number of carbonyl (C=O) groups excluding carboxylic acids is 1. The van der Waals surface area contributed by atoms with Crippen molar-refractivity contribution in [3.8, 4) is 11.5 Å². The first-order valence-electron chi connectivity index (χ1n) is 11.1. The minimum Gasteiger partial charge on any atom is -0.493 e. The van der Waals surface area contributed by atoms with Crippen LogP contribution in [0.15, 0.2) is 80.8 Å². The van der Waals surface area contributed by atoms with Crippen LogP contribution in [-0.2, 0) is 11.4 Å². The van der Waals surface area contributed by atoms with Crippen LogP contribution >= 0.6 is 27.7 Å². The van der Waals surface area contributed by atoms with E-state index in [-0.39, 0.29) is 23.8 Å². The van der Waals surface area contributed by atoms with Crippen molar-refractivity contribution in [2.45, 2.75) is 13.5 Å². The molecule has 3 aromatic rings. The molecule has 2 aliphatic rings. The Morgan fingerprint density at radius 1 is 1.16 bits per heavy atom. The summed E-state index contributed by atoms with van der Waals surface area (Å²) in [6, 6.07) is 17.6. The number of amidine groups is 2. The summed E-state index contributed by atoms with van der Waals surface area (Å²) < 4.78 is 25.9. The molecule has 0 unspecified atom stereocenters. The van der Waals surface area contributed by atoms with Crippen molar-refractivity contribution < 1.29 is 18.7 Å². The van der Waals surface area contributed by atoms with Gasteiger partial charge in [0, 0.05) is 11.1 Å². The van der Waals surface area contributed by atoms with Crippen molar-refractivity contribution in [1.29, 1.82) is 5.41 Å². The summed E-state index contributed by atoms with van der Waals surface area (Å²) in [5, 5.41) is 15.5. The molecule has 2 aliphatic heterocycles. The van der Waals surface area contributed by atoms with E-state index in [0.717, 1.165) is 11.1 Å². The van der Waals surface area contributed by atoms with E-state index in [0.29, 0.717) is 37.3 Å². The highest BCUT2D eigenvalue weighted by Crippen LogP contribution is 2.38. The fourth-order valence-electron chi connectivity index (χ4n) is 3.70. The van der Waals surface area contributed by atoms with Gasteiger partial charge in [-0.25, -0.2) is 4.39 Å². The van der Waals surface area contributed by atoms with Gasteiger partial charge in [0.25, 0.3) is 5.91 Å². The maximum absolute atomic E-state index is 14.0. The predicted octanol–water partition coefficient (Wildman–Crippen LogP) is 6.15. The Kier molecular flexibility index (Phi) is 6.94. The van der Waals surface area contributed by atoms with Gasteiger partial charge in [0.2, 0.25) is 5.17 Å². The third-order valence-electron chi connectivity index (χ3n) is 5.65. The molecule has 0 aliphatic carbocycles. The molecule has 0 bridgehead atoms. The van der Waals surface area contributed by atoms with Gasteiger partial charge in [0.15, 0.2) is 17.3 Å². The molecule has 1 amide bonds. The van der Waals surface area contributed by atoms with Crippen LogP contribution in [-0.4, -0.2) is 34.1 Å². The summed E-state index contributed by atoms with van der Waals surface area (Å²) in [7, 11) is 1.49. The van der Waals surface area contributed by atoms with E-state index in [9.17, 15) is 9.18 Å². The van der Waals surface area contributed by atoms with Crippen LogP contribution in [0.25, 0.3) is 6.08 Å². The fourth-order valence-corrected chi connectivity index (χ4v) is 5.17. The minimum absolute atomic E-state index is 0.0106. The molecule has 5 rings (SSSR count). The third-order valence-corrected chi connectivity index (χ3v) is 7.19. The summed E-state index contributed by atoms with van der Waals surface area (Å²) in [5.74, 6) is -0.186. The topological polar surface area (TPSA) is 87.3 Å². The standard InChI is InChI=1S/C27H20BrFN4O3S/c1-15-7-9-17(10-8-15)26-32-33-24(30)19(25(34)31-27(33)37-26)11-16-12-20(28)23(22(13-16)35-2)36-14-18-5-3-4-6-21(18)29/h3-13,30H,14H2,1-2H3/b19-11-,30-24?. The number of nitrogens with one attached hydrogen (secondary N) is 1. The van der Waals surface area contributed by atoms with Gasteiger partial charge < -0.3 is 9.47 Å². The lowest BCUT2D eigenvalue weighted by molar-refractivity contribution is -0.114. The average Bonchev–Trinajstić information content (AvgIpc) is 3.31. The zero-order valence-corrected chi connectivity index (χ0v) is 22.2. The van der Waals surface area contributed by atoms with E-state index in [4.69, 9.17) is 14.9 Å². The number of thioether (sulfide) groups is 1. The first-order chi connectivity index (χ1) is 17.8. The Labute approximate surface area is 225 Å². The number of carbonyl (C=O) groups is 1. The molecule has 0 atom stereocenters. The summed E-state index contributed by atoms with van der Waals surface area (Å²) in [6.45, 7) is 2.01. The molecule has 3 aromatic carbocycles. The van der Waals surface area contributed by atoms with Gasteiger partial charge in [-0.1, -0.05) is 48.0 Å². The summed E-state index contributed by atoms with van der Waals surface area (Å²) >= 11 is 4.73. The third kappa shape index (κ3) is 5.07. The summed E-state index contributed by atoms with van der Waals surface area (Å²) in [6.07, 6.45) is 1.56. The average molecular weight is 579 g/mol. The van der Waals surface area contributed by atoms with E-state index < -0.39 is 5.91 Å². The molecule has 0 radical (unpaired) electrons. The lowest BCUT2D eigenvalue weighted by Gasteiger charge is -2.20. The molecule has 7 nitrogen and oxygen atoms in total. The van der Waals surface area contributed by atoms with Crippen molar-refractivity contribution in [3.63, 3.8) is 0 Å². The van der Waals surface area contributed by atoms with Gasteiger partial charge in [0.05, 0.1) is 17.2 Å². The molecule has 1 N–H and O–H groups in total. The van der Waals surface area contributed by atoms with E-state index in [1.165, 1.54) is 29.9 Å². The largest absolute Gasteiger partial charge is 0.493 e. The Morgan fingerprint density at radius 3 is 2.65 bits per heavy atom. The Balaban J connectivity index is 1.41. The van der Waals surface area contributed by atoms with Crippen molar-refractivity contribution in [2.75, 3.05) is 7.11 Å². The number of ether oxygens (including phenoxy) is 2. The molecular weight excluding hydrogens is 559 g/mol. The molecule has 0 aromatic heterocycles. The number of hydrazone groups is 1. The van der Waals surface area contributed by atoms with Gasteiger partial charge >= 0.3 is 0 Å². The van der Waals surface area contributed by atoms with Gasteiger partial charge in [-0.15, -0.1) is 0 Å². The number of hydrogen-bond donors (Lipinski definition) is 1. The minimum atomic E-state index is -0.529. The SMILES string of the molecule is COc1cc(/C=C2/C(=N)N3N=C(c4ccc(C)cc4)SC3=NC2=O)cc(Br)c1OCc1ccccc1F. The smallest absolute Gasteiger partial charge is 0.283 e. The fraction of sp³-hybridized carbons (Fsp3) is 0.111. The van der Waals surface area contributed by atoms with Crippen molar-refractivity contribution in [1.82, 2.24) is 5.01 Å². The number of benzene rings is 3. The first-order valence-corrected chi connectivity index (χ1v) is 12.8. The van der Waals surface area contributed by atoms with Crippen LogP contribution < -0.4 is 9.47 Å². The Bertz CT molecular complexity index is 1520. The highest BCUT2D eigenvalue weighted by atomic mass is 79.9. The highest BCUT2D eigenvalue weighted by molar-refractivity contribution is 9.10. The maximum Gasteiger partial charge on any atom is 0.283 e. The molecule has 0 fully saturated rings. The lowest BCUT2D eigenvalue weighted by Crippen LogP contribution is -2.35. The number of nitrogens with zero attached hydrogens (tertiary/aromatic N) is 3. The van der Waals surface area contributed by atoms with E-state index in [1.807, 2.05) is 31.2 Å². The zero-order chi connectivity index (χ0) is 26.1. The number of aryl methyl sites for hydroxylation is 1. The van der Waals surface area contributed by atoms with Crippen LogP contribution in [0.5, 0.6) is 11.5 Å². The molecule has 0 spiro atoms. The number of rotatable bonds is 6. The van der Waals surface area contributed by atoms with Crippen molar-refractivity contribution >= 4 is 55.7 Å². The van der Waals surface area contributed by atoms with Crippen LogP contribution in [0.4, 0.5) is 4.39 Å². The molecule has 2 heterocycles. The van der Waals surface area contributed by atoms with Gasteiger partial charge in [-0.05, 0) is 64.5 Å². The number of hydrogen-bond acceptors (Lipinski definition) is 6. The normalized spacial score (nSPS) is 16.0. The second-order valence-electron chi connectivity index (χ2n) is 8.21. The molecule has 0 saturated carbocycles. The van der Waals surface area contributed by atoms with E-state index >= 15 is 0 Å². The molecule has 37 heavy (non-hydrogen) atoms. The van der Waals surface area contributed by atoms with Crippen LogP contribution in [0.2, 0.25) is 0 Å². The number of aliphatic imine (C=N–C) groups is 1. The highest BCUT2D eigenvalue weighted by Gasteiger charge is 2.36. The summed E-state index contributed by atoms with van der Waals surface area (Å²) in [5.41, 5.74) is 3.10. The Hall–Kier alpha value is -3.76. The number of fused-ring (bicyclic) bond motifs is 1. The second-order valence-corrected chi connectivity index (χ2v) is 10.0. The van der Waals surface area contributed by atoms with E-state index in [2.05, 4.69) is 26.0 Å². The molecule has 10 heteroatoms. The van der Waals surface area contributed by atoms with Crippen LogP contribution in [0.1, 0.15) is 22.3 Å².